The lowest BCUT2D eigenvalue weighted by Crippen LogP contribution is -2.30. The van der Waals surface area contributed by atoms with Crippen LogP contribution in [-0.2, 0) is 6.54 Å². The molecule has 0 bridgehead atoms. The van der Waals surface area contributed by atoms with Crippen LogP contribution in [0.1, 0.15) is 23.2 Å². The molecule has 146 valence electrons. The Morgan fingerprint density at radius 3 is 2.55 bits per heavy atom. The molecule has 6 heteroatoms. The van der Waals surface area contributed by atoms with Gasteiger partial charge in [0.05, 0.1) is 7.11 Å². The topological polar surface area (TPSA) is 68.5 Å². The highest BCUT2D eigenvalue weighted by atomic mass is 16.5. The van der Waals surface area contributed by atoms with Gasteiger partial charge in [0, 0.05) is 17.7 Å². The van der Waals surface area contributed by atoms with Crippen molar-refractivity contribution in [1.82, 2.24) is 15.0 Å². The fraction of sp³-hybridized carbons (Fsp3) is 0.174. The van der Waals surface area contributed by atoms with E-state index in [0.29, 0.717) is 23.8 Å². The summed E-state index contributed by atoms with van der Waals surface area (Å²) in [4.78, 5) is 19.3. The van der Waals surface area contributed by atoms with Crippen LogP contribution in [0.4, 0.5) is 0 Å². The van der Waals surface area contributed by atoms with Crippen LogP contribution in [0.5, 0.6) is 5.75 Å². The Kier molecular flexibility index (Phi) is 5.24. The van der Waals surface area contributed by atoms with Gasteiger partial charge in [0.1, 0.15) is 12.3 Å². The minimum atomic E-state index is -0.0616. The molecule has 4 aromatic rings. The third-order valence-electron chi connectivity index (χ3n) is 4.83. The van der Waals surface area contributed by atoms with Gasteiger partial charge >= 0.3 is 0 Å². The summed E-state index contributed by atoms with van der Waals surface area (Å²) >= 11 is 0. The van der Waals surface area contributed by atoms with E-state index in [0.717, 1.165) is 22.1 Å². The van der Waals surface area contributed by atoms with Crippen LogP contribution in [0.15, 0.2) is 71.3 Å². The minimum Gasteiger partial charge on any atom is -0.497 e. The molecule has 3 aromatic carbocycles. The number of benzene rings is 3. The second-order valence-electron chi connectivity index (χ2n) is 6.59. The molecule has 0 atom stereocenters. The minimum absolute atomic E-state index is 0.0616. The smallest absolute Gasteiger partial charge is 0.254 e. The van der Waals surface area contributed by atoms with E-state index in [-0.39, 0.29) is 12.5 Å². The van der Waals surface area contributed by atoms with E-state index in [2.05, 4.69) is 10.1 Å². The molecule has 0 aliphatic heterocycles. The second kappa shape index (κ2) is 8.14. The number of ether oxygens (including phenoxy) is 1. The molecule has 0 saturated carbocycles. The zero-order valence-electron chi connectivity index (χ0n) is 16.3. The number of carbonyl (C=O) groups excluding carboxylic acids is 1. The van der Waals surface area contributed by atoms with Crippen LogP contribution in [0.25, 0.3) is 22.2 Å². The van der Waals surface area contributed by atoms with Crippen molar-refractivity contribution in [2.24, 2.45) is 0 Å². The van der Waals surface area contributed by atoms with Crippen LogP contribution in [-0.4, -0.2) is 34.6 Å². The molecule has 0 aliphatic carbocycles. The van der Waals surface area contributed by atoms with E-state index in [1.807, 2.05) is 73.7 Å². The SMILES string of the molecule is CCN(Cc1nc(-c2ccc(OC)cc2)no1)C(=O)c1cccc2ccccc12. The summed E-state index contributed by atoms with van der Waals surface area (Å²) in [5.41, 5.74) is 1.49. The summed E-state index contributed by atoms with van der Waals surface area (Å²) in [7, 11) is 1.62. The Hall–Kier alpha value is -3.67. The summed E-state index contributed by atoms with van der Waals surface area (Å²) < 4.78 is 10.6. The summed E-state index contributed by atoms with van der Waals surface area (Å²) in [6, 6.07) is 21.0. The molecule has 4 rings (SSSR count). The molecule has 29 heavy (non-hydrogen) atoms. The average molecular weight is 387 g/mol. The Balaban J connectivity index is 1.56. The lowest BCUT2D eigenvalue weighted by molar-refractivity contribution is 0.0736. The van der Waals surface area contributed by atoms with Gasteiger partial charge in [-0.3, -0.25) is 4.79 Å². The summed E-state index contributed by atoms with van der Waals surface area (Å²) in [6.07, 6.45) is 0. The Bertz CT molecular complexity index is 1130. The fourth-order valence-corrected chi connectivity index (χ4v) is 3.25. The molecule has 1 amide bonds. The zero-order chi connectivity index (χ0) is 20.2. The average Bonchev–Trinajstić information content (AvgIpc) is 3.25. The molecule has 0 saturated heterocycles. The van der Waals surface area contributed by atoms with Gasteiger partial charge in [-0.15, -0.1) is 0 Å². The molecule has 0 N–H and O–H groups in total. The quantitative estimate of drug-likeness (QED) is 0.485. The first-order valence-electron chi connectivity index (χ1n) is 9.43. The molecular weight excluding hydrogens is 366 g/mol. The number of nitrogens with zero attached hydrogens (tertiary/aromatic N) is 3. The van der Waals surface area contributed by atoms with Crippen molar-refractivity contribution in [3.05, 3.63) is 78.2 Å². The highest BCUT2D eigenvalue weighted by molar-refractivity contribution is 6.06. The maximum atomic E-state index is 13.2. The Morgan fingerprint density at radius 2 is 1.79 bits per heavy atom. The number of hydrogen-bond acceptors (Lipinski definition) is 5. The van der Waals surface area contributed by atoms with Crippen LogP contribution in [0.3, 0.4) is 0 Å². The van der Waals surface area contributed by atoms with Crippen molar-refractivity contribution >= 4 is 16.7 Å². The maximum Gasteiger partial charge on any atom is 0.254 e. The predicted octanol–water partition coefficient (Wildman–Crippen LogP) is 4.56. The van der Waals surface area contributed by atoms with Gasteiger partial charge in [-0.1, -0.05) is 41.6 Å². The van der Waals surface area contributed by atoms with Gasteiger partial charge in [-0.05, 0) is 48.0 Å². The number of hydrogen-bond donors (Lipinski definition) is 0. The van der Waals surface area contributed by atoms with Crippen LogP contribution < -0.4 is 4.74 Å². The van der Waals surface area contributed by atoms with Crippen molar-refractivity contribution in [2.75, 3.05) is 13.7 Å². The molecule has 0 spiro atoms. The molecule has 1 aromatic heterocycles. The normalized spacial score (nSPS) is 10.8. The summed E-state index contributed by atoms with van der Waals surface area (Å²) in [5.74, 6) is 1.58. The lowest BCUT2D eigenvalue weighted by atomic mass is 10.0. The molecule has 1 heterocycles. The van der Waals surface area contributed by atoms with Gasteiger partial charge in [0.25, 0.3) is 5.91 Å². The van der Waals surface area contributed by atoms with Gasteiger partial charge in [0.15, 0.2) is 0 Å². The molecule has 0 aliphatic rings. The van der Waals surface area contributed by atoms with Gasteiger partial charge in [-0.25, -0.2) is 0 Å². The monoisotopic (exact) mass is 387 g/mol. The van der Waals surface area contributed by atoms with Crippen LogP contribution in [0.2, 0.25) is 0 Å². The first kappa shape index (κ1) is 18.7. The first-order chi connectivity index (χ1) is 14.2. The third-order valence-corrected chi connectivity index (χ3v) is 4.83. The Labute approximate surface area is 168 Å². The van der Waals surface area contributed by atoms with E-state index < -0.39 is 0 Å². The van der Waals surface area contributed by atoms with Crippen molar-refractivity contribution in [3.63, 3.8) is 0 Å². The number of carbonyl (C=O) groups is 1. The van der Waals surface area contributed by atoms with Crippen molar-refractivity contribution in [3.8, 4) is 17.1 Å². The van der Waals surface area contributed by atoms with Gasteiger partial charge in [0.2, 0.25) is 11.7 Å². The largest absolute Gasteiger partial charge is 0.497 e. The van der Waals surface area contributed by atoms with E-state index in [1.54, 1.807) is 12.0 Å². The van der Waals surface area contributed by atoms with E-state index in [1.165, 1.54) is 0 Å². The van der Waals surface area contributed by atoms with Gasteiger partial charge < -0.3 is 14.2 Å². The number of rotatable bonds is 6. The standard InChI is InChI=1S/C23H21N3O3/c1-3-26(23(27)20-10-6-8-16-7-4-5-9-19(16)20)15-21-24-22(25-29-21)17-11-13-18(28-2)14-12-17/h4-14H,3,15H2,1-2H3. The highest BCUT2D eigenvalue weighted by Crippen LogP contribution is 2.22. The van der Waals surface area contributed by atoms with Gasteiger partial charge in [-0.2, -0.15) is 4.98 Å². The number of methoxy groups -OCH3 is 1. The van der Waals surface area contributed by atoms with Crippen LogP contribution in [0, 0.1) is 0 Å². The summed E-state index contributed by atoms with van der Waals surface area (Å²) in [5, 5.41) is 6.02. The van der Waals surface area contributed by atoms with E-state index in [9.17, 15) is 4.79 Å². The number of fused-ring (bicyclic) bond motifs is 1. The molecule has 0 fully saturated rings. The molecule has 0 radical (unpaired) electrons. The Morgan fingerprint density at radius 1 is 1.03 bits per heavy atom. The van der Waals surface area contributed by atoms with Crippen molar-refractivity contribution in [2.45, 2.75) is 13.5 Å². The molecule has 6 nitrogen and oxygen atoms in total. The van der Waals surface area contributed by atoms with E-state index in [4.69, 9.17) is 9.26 Å². The summed E-state index contributed by atoms with van der Waals surface area (Å²) in [6.45, 7) is 2.72. The van der Waals surface area contributed by atoms with Crippen molar-refractivity contribution < 1.29 is 14.1 Å². The van der Waals surface area contributed by atoms with E-state index >= 15 is 0 Å². The zero-order valence-corrected chi connectivity index (χ0v) is 16.3. The lowest BCUT2D eigenvalue weighted by Gasteiger charge is -2.19. The number of amides is 1. The third kappa shape index (κ3) is 3.82. The van der Waals surface area contributed by atoms with Crippen LogP contribution >= 0.6 is 0 Å². The highest BCUT2D eigenvalue weighted by Gasteiger charge is 2.20. The predicted molar refractivity (Wildman–Crippen MR) is 111 cm³/mol. The molecular formula is C23H21N3O3. The van der Waals surface area contributed by atoms with Crippen molar-refractivity contribution in [1.29, 1.82) is 0 Å². The fourth-order valence-electron chi connectivity index (χ4n) is 3.25. The second-order valence-corrected chi connectivity index (χ2v) is 6.59. The first-order valence-corrected chi connectivity index (χ1v) is 9.43. The number of aromatic nitrogens is 2. The molecule has 0 unspecified atom stereocenters. The maximum absolute atomic E-state index is 13.2.